The largest absolute Gasteiger partial charge is 0.472 e. The maximum Gasteiger partial charge on any atom is 0.472 e. The van der Waals surface area contributed by atoms with Gasteiger partial charge in [0.15, 0.2) is 0 Å². The van der Waals surface area contributed by atoms with E-state index in [2.05, 4.69) is 86.8 Å². The molecule has 0 saturated heterocycles. The molecule has 10 heteroatoms. The van der Waals surface area contributed by atoms with Gasteiger partial charge in [0.1, 0.15) is 19.3 Å². The van der Waals surface area contributed by atoms with E-state index in [0.29, 0.717) is 23.9 Å². The molecule has 0 fully saturated rings. The summed E-state index contributed by atoms with van der Waals surface area (Å²) in [5, 5.41) is 3.02. The molecule has 0 aromatic carbocycles. The molecule has 0 aliphatic heterocycles. The molecule has 0 aromatic heterocycles. The van der Waals surface area contributed by atoms with Gasteiger partial charge in [-0.05, 0) is 102 Å². The number of phosphoric ester groups is 1. The Morgan fingerprint density at radius 2 is 0.884 bits per heavy atom. The Morgan fingerprint density at radius 3 is 1.36 bits per heavy atom. The Labute approximate surface area is 425 Å². The van der Waals surface area contributed by atoms with Gasteiger partial charge in [-0.25, -0.2) is 4.57 Å². The number of hydrogen-bond donors (Lipinski definition) is 2. The summed E-state index contributed by atoms with van der Waals surface area (Å²) < 4.78 is 30.5. The highest BCUT2D eigenvalue weighted by Crippen LogP contribution is 2.43. The van der Waals surface area contributed by atoms with Crippen LogP contribution in [0.2, 0.25) is 0 Å². The first kappa shape index (κ1) is 66.5. The molecular formula is C59H108N2O7P+. The third kappa shape index (κ3) is 50.2. The molecule has 3 atom stereocenters. The second-order valence-corrected chi connectivity index (χ2v) is 21.6. The molecule has 0 aliphatic carbocycles. The van der Waals surface area contributed by atoms with Crippen LogP contribution in [0.3, 0.4) is 0 Å². The number of nitrogens with one attached hydrogen (secondary N) is 1. The number of unbranched alkanes of at least 4 members (excludes halogenated alkanes) is 24. The van der Waals surface area contributed by atoms with E-state index in [1.165, 1.54) is 109 Å². The van der Waals surface area contributed by atoms with Crippen molar-refractivity contribution in [1.82, 2.24) is 5.32 Å². The van der Waals surface area contributed by atoms with E-state index in [0.717, 1.165) is 89.9 Å². The van der Waals surface area contributed by atoms with Gasteiger partial charge in [0, 0.05) is 12.8 Å². The Morgan fingerprint density at radius 1 is 0.507 bits per heavy atom. The van der Waals surface area contributed by atoms with Gasteiger partial charge in [0.05, 0.1) is 33.8 Å². The molecule has 0 rings (SSSR count). The molecule has 0 radical (unpaired) electrons. The zero-order chi connectivity index (χ0) is 50.8. The van der Waals surface area contributed by atoms with Gasteiger partial charge >= 0.3 is 13.8 Å². The third-order valence-electron chi connectivity index (χ3n) is 12.1. The van der Waals surface area contributed by atoms with E-state index >= 15 is 0 Å². The number of likely N-dealkylation sites (N-methyl/N-ethyl adjacent to an activating group) is 1. The smallest absolute Gasteiger partial charge is 0.456 e. The minimum Gasteiger partial charge on any atom is -0.456 e. The molecule has 2 N–H and O–H groups in total. The second-order valence-electron chi connectivity index (χ2n) is 20.1. The van der Waals surface area contributed by atoms with Crippen LogP contribution in [-0.2, 0) is 27.9 Å². The Bertz CT molecular complexity index is 1420. The third-order valence-corrected chi connectivity index (χ3v) is 13.1. The van der Waals surface area contributed by atoms with Crippen molar-refractivity contribution in [1.29, 1.82) is 0 Å². The van der Waals surface area contributed by atoms with Crippen LogP contribution in [0, 0.1) is 0 Å². The fraction of sp³-hybridized carbons (Fsp3) is 0.763. The summed E-state index contributed by atoms with van der Waals surface area (Å²) in [4.78, 5) is 37.5. The lowest BCUT2D eigenvalue weighted by atomic mass is 10.1. The summed E-state index contributed by atoms with van der Waals surface area (Å²) in [6.45, 7) is 6.92. The summed E-state index contributed by atoms with van der Waals surface area (Å²) in [6.07, 6.45) is 61.8. The SMILES string of the molecule is CCCCC/C=C\C/C=C\C/C=C\C/C=C\CCCCCC(=O)OC(/C=C\CCCCCCCCCCC)C(COP(=O)(O)OCC[N+](C)(C)C)NC(=O)CCCCC/C=C\CCCCCCCC. The first-order valence-electron chi connectivity index (χ1n) is 28.3. The molecule has 0 bridgehead atoms. The second kappa shape index (κ2) is 49.0. The summed E-state index contributed by atoms with van der Waals surface area (Å²) in [6, 6.07) is -0.870. The number of amides is 1. The first-order valence-corrected chi connectivity index (χ1v) is 29.8. The highest BCUT2D eigenvalue weighted by atomic mass is 31.2. The molecule has 0 saturated carbocycles. The quantitative estimate of drug-likeness (QED) is 0.0205. The number of hydrogen-bond acceptors (Lipinski definition) is 6. The van der Waals surface area contributed by atoms with Crippen molar-refractivity contribution < 1.29 is 37.3 Å². The highest BCUT2D eigenvalue weighted by Gasteiger charge is 2.30. The molecule has 1 amide bonds. The van der Waals surface area contributed by atoms with Crippen molar-refractivity contribution in [3.05, 3.63) is 72.9 Å². The zero-order valence-electron chi connectivity index (χ0n) is 45.5. The van der Waals surface area contributed by atoms with Crippen LogP contribution in [0.4, 0.5) is 0 Å². The lowest BCUT2D eigenvalue weighted by Gasteiger charge is -2.27. The summed E-state index contributed by atoms with van der Waals surface area (Å²) in [7, 11) is 1.46. The minimum absolute atomic E-state index is 0.0298. The maximum absolute atomic E-state index is 13.4. The maximum atomic E-state index is 13.4. The van der Waals surface area contributed by atoms with Gasteiger partial charge in [0.25, 0.3) is 0 Å². The van der Waals surface area contributed by atoms with Crippen LogP contribution in [-0.4, -0.2) is 74.3 Å². The van der Waals surface area contributed by atoms with Gasteiger partial charge in [-0.3, -0.25) is 18.6 Å². The predicted molar refractivity (Wildman–Crippen MR) is 295 cm³/mol. The molecule has 0 aliphatic rings. The van der Waals surface area contributed by atoms with Crippen LogP contribution >= 0.6 is 7.82 Å². The predicted octanol–water partition coefficient (Wildman–Crippen LogP) is 16.9. The minimum atomic E-state index is -4.45. The van der Waals surface area contributed by atoms with E-state index in [1.807, 2.05) is 33.3 Å². The van der Waals surface area contributed by atoms with Crippen molar-refractivity contribution in [2.24, 2.45) is 0 Å². The lowest BCUT2D eigenvalue weighted by molar-refractivity contribution is -0.870. The first-order chi connectivity index (χ1) is 33.4. The van der Waals surface area contributed by atoms with Gasteiger partial charge in [-0.15, -0.1) is 0 Å². The van der Waals surface area contributed by atoms with E-state index in [9.17, 15) is 19.0 Å². The zero-order valence-corrected chi connectivity index (χ0v) is 46.4. The van der Waals surface area contributed by atoms with Gasteiger partial charge in [-0.1, -0.05) is 197 Å². The van der Waals surface area contributed by atoms with Crippen molar-refractivity contribution in [3.8, 4) is 0 Å². The van der Waals surface area contributed by atoms with E-state index in [-0.39, 0.29) is 31.5 Å². The molecule has 3 unspecified atom stereocenters. The molecule has 9 nitrogen and oxygen atoms in total. The van der Waals surface area contributed by atoms with Crippen molar-refractivity contribution in [2.75, 3.05) is 40.9 Å². The topological polar surface area (TPSA) is 111 Å². The lowest BCUT2D eigenvalue weighted by Crippen LogP contribution is -2.47. The monoisotopic (exact) mass is 988 g/mol. The average molecular weight is 988 g/mol. The highest BCUT2D eigenvalue weighted by molar-refractivity contribution is 7.47. The van der Waals surface area contributed by atoms with Crippen molar-refractivity contribution in [3.63, 3.8) is 0 Å². The fourth-order valence-electron chi connectivity index (χ4n) is 7.68. The Hall–Kier alpha value is -2.55. The summed E-state index contributed by atoms with van der Waals surface area (Å²) in [5.74, 6) is -0.563. The van der Waals surface area contributed by atoms with Crippen molar-refractivity contribution >= 4 is 19.7 Å². The van der Waals surface area contributed by atoms with Crippen LogP contribution in [0.5, 0.6) is 0 Å². The summed E-state index contributed by atoms with van der Waals surface area (Å²) >= 11 is 0. The number of allylic oxidation sites excluding steroid dienone is 11. The van der Waals surface area contributed by atoms with Gasteiger partial charge in [0.2, 0.25) is 5.91 Å². The number of esters is 1. The number of carbonyl (C=O) groups excluding carboxylic acids is 2. The average Bonchev–Trinajstić information content (AvgIpc) is 3.31. The molecular weight excluding hydrogens is 880 g/mol. The van der Waals surface area contributed by atoms with Gasteiger partial charge < -0.3 is 19.4 Å². The molecule has 0 aromatic rings. The number of carbonyl (C=O) groups is 2. The standard InChI is InChI=1S/C59H107N2O7P/c1-7-10-13-16-19-22-25-27-28-29-30-31-32-34-37-40-43-46-49-52-59(63)68-57(50-47-44-41-38-35-24-21-18-15-12-9-3)56(55-67-69(64,65)66-54-53-61(4,5)6)60-58(62)51-48-45-42-39-36-33-26-23-20-17-14-11-8-2/h19,22,27-28,30-31,33-34,36-37,47,50,56-57H,7-18,20-21,23-26,29,32,35,38-46,48-49,51-55H2,1-6H3,(H-,60,62,64,65)/p+1/b22-19-,28-27-,31-30-,36-33-,37-34-,50-47-. The van der Waals surface area contributed by atoms with Crippen LogP contribution in [0.15, 0.2) is 72.9 Å². The summed E-state index contributed by atoms with van der Waals surface area (Å²) in [5.41, 5.74) is 0. The fourth-order valence-corrected chi connectivity index (χ4v) is 8.42. The molecule has 400 valence electrons. The van der Waals surface area contributed by atoms with Crippen molar-refractivity contribution in [2.45, 2.75) is 251 Å². The molecule has 69 heavy (non-hydrogen) atoms. The number of rotatable bonds is 50. The Kier molecular flexibility index (Phi) is 47.2. The van der Waals surface area contributed by atoms with Crippen LogP contribution in [0.1, 0.15) is 239 Å². The number of quaternary nitrogens is 1. The van der Waals surface area contributed by atoms with E-state index < -0.39 is 20.0 Å². The molecule has 0 spiro atoms. The number of ether oxygens (including phenoxy) is 1. The Balaban J connectivity index is 5.40. The number of nitrogens with zero attached hydrogens (tertiary/aromatic N) is 1. The number of phosphoric acid groups is 1. The van der Waals surface area contributed by atoms with Gasteiger partial charge in [-0.2, -0.15) is 0 Å². The molecule has 0 heterocycles. The van der Waals surface area contributed by atoms with E-state index in [1.54, 1.807) is 0 Å². The normalized spacial score (nSPS) is 14.4. The van der Waals surface area contributed by atoms with Crippen LogP contribution < -0.4 is 5.32 Å². The van der Waals surface area contributed by atoms with Crippen LogP contribution in [0.25, 0.3) is 0 Å². The van der Waals surface area contributed by atoms with E-state index in [4.69, 9.17) is 13.8 Å².